The minimum absolute atomic E-state index is 0.0533. The van der Waals surface area contributed by atoms with Crippen LogP contribution in [-0.4, -0.2) is 27.9 Å². The fourth-order valence-electron chi connectivity index (χ4n) is 2.57. The predicted molar refractivity (Wildman–Crippen MR) is 96.4 cm³/mol. The maximum Gasteiger partial charge on any atom is 0.237 e. The van der Waals surface area contributed by atoms with E-state index in [9.17, 15) is 14.7 Å². The summed E-state index contributed by atoms with van der Waals surface area (Å²) in [5.74, 6) is 0.134. The Labute approximate surface area is 144 Å². The molecule has 124 valence electrons. The smallest absolute Gasteiger partial charge is 0.237 e. The van der Waals surface area contributed by atoms with E-state index in [2.05, 4.69) is 10.6 Å². The zero-order valence-electron chi connectivity index (χ0n) is 13.0. The molecule has 0 unspecified atom stereocenters. The first-order valence-electron chi connectivity index (χ1n) is 7.71. The van der Waals surface area contributed by atoms with Crippen molar-refractivity contribution in [3.63, 3.8) is 0 Å². The van der Waals surface area contributed by atoms with E-state index in [0.717, 1.165) is 17.7 Å². The number of anilines is 2. The van der Waals surface area contributed by atoms with Gasteiger partial charge in [-0.1, -0.05) is 18.2 Å². The number of amides is 2. The van der Waals surface area contributed by atoms with Gasteiger partial charge in [0.05, 0.1) is 11.0 Å². The van der Waals surface area contributed by atoms with Gasteiger partial charge in [0, 0.05) is 11.4 Å². The summed E-state index contributed by atoms with van der Waals surface area (Å²) in [6, 6.07) is 14.1. The van der Waals surface area contributed by atoms with Gasteiger partial charge in [0.15, 0.2) is 0 Å². The Morgan fingerprint density at radius 2 is 1.96 bits per heavy atom. The molecule has 3 rings (SSSR count). The molecule has 0 spiro atoms. The lowest BCUT2D eigenvalue weighted by Gasteiger charge is -2.12. The maximum absolute atomic E-state index is 12.3. The molecule has 2 aromatic carbocycles. The van der Waals surface area contributed by atoms with Crippen molar-refractivity contribution in [3.8, 4) is 5.75 Å². The SMILES string of the molecule is O=C(CS[C@@H]1CCc2ccccc2NC1=O)Nc1ccc(O)cc1. The lowest BCUT2D eigenvalue weighted by molar-refractivity contribution is -0.115. The normalized spacial score (nSPS) is 16.7. The first kappa shape index (κ1) is 16.4. The third kappa shape index (κ3) is 4.08. The number of nitrogens with one attached hydrogen (secondary N) is 2. The molecule has 5 nitrogen and oxygen atoms in total. The number of rotatable bonds is 4. The van der Waals surface area contributed by atoms with Crippen LogP contribution in [0.3, 0.4) is 0 Å². The van der Waals surface area contributed by atoms with Crippen LogP contribution >= 0.6 is 11.8 Å². The number of aromatic hydroxyl groups is 1. The van der Waals surface area contributed by atoms with Crippen LogP contribution in [0.5, 0.6) is 5.75 Å². The number of carbonyl (C=O) groups is 2. The third-order valence-corrected chi connectivity index (χ3v) is 5.09. The molecule has 3 N–H and O–H groups in total. The molecule has 0 aliphatic carbocycles. The van der Waals surface area contributed by atoms with Gasteiger partial charge >= 0.3 is 0 Å². The van der Waals surface area contributed by atoms with Crippen LogP contribution in [0.25, 0.3) is 0 Å². The van der Waals surface area contributed by atoms with Gasteiger partial charge in [0.2, 0.25) is 11.8 Å². The average Bonchev–Trinajstić information content (AvgIpc) is 2.73. The summed E-state index contributed by atoms with van der Waals surface area (Å²) in [6.07, 6.45) is 1.52. The van der Waals surface area contributed by atoms with Crippen molar-refractivity contribution in [2.75, 3.05) is 16.4 Å². The molecule has 1 aliphatic rings. The summed E-state index contributed by atoms with van der Waals surface area (Å²) in [7, 11) is 0. The van der Waals surface area contributed by atoms with E-state index in [0.29, 0.717) is 12.1 Å². The molecular weight excluding hydrogens is 324 g/mol. The number of carbonyl (C=O) groups excluding carboxylic acids is 2. The quantitative estimate of drug-likeness (QED) is 0.746. The third-order valence-electron chi connectivity index (χ3n) is 3.81. The van der Waals surface area contributed by atoms with Crippen molar-refractivity contribution >= 4 is 35.0 Å². The number of fused-ring (bicyclic) bond motifs is 1. The predicted octanol–water partition coefficient (Wildman–Crippen LogP) is 3.02. The highest BCUT2D eigenvalue weighted by atomic mass is 32.2. The molecule has 1 aliphatic heterocycles. The van der Waals surface area contributed by atoms with Gasteiger partial charge in [-0.15, -0.1) is 11.8 Å². The van der Waals surface area contributed by atoms with Gasteiger partial charge in [-0.2, -0.15) is 0 Å². The fourth-order valence-corrected chi connectivity index (χ4v) is 3.49. The van der Waals surface area contributed by atoms with Crippen molar-refractivity contribution in [3.05, 3.63) is 54.1 Å². The molecule has 0 saturated carbocycles. The van der Waals surface area contributed by atoms with Crippen molar-refractivity contribution in [1.29, 1.82) is 0 Å². The van der Waals surface area contributed by atoms with Crippen LogP contribution in [0.2, 0.25) is 0 Å². The number of phenolic OH excluding ortho intramolecular Hbond substituents is 1. The Kier molecular flexibility index (Phi) is 5.05. The van der Waals surface area contributed by atoms with Gasteiger partial charge in [0.1, 0.15) is 5.75 Å². The van der Waals surface area contributed by atoms with Crippen molar-refractivity contribution in [2.24, 2.45) is 0 Å². The number of hydrogen-bond donors (Lipinski definition) is 3. The van der Waals surface area contributed by atoms with E-state index in [1.54, 1.807) is 12.1 Å². The Bertz CT molecular complexity index is 746. The second-order valence-electron chi connectivity index (χ2n) is 5.58. The number of hydrogen-bond acceptors (Lipinski definition) is 4. The highest BCUT2D eigenvalue weighted by Crippen LogP contribution is 2.27. The molecule has 1 heterocycles. The highest BCUT2D eigenvalue weighted by Gasteiger charge is 2.24. The summed E-state index contributed by atoms with van der Waals surface area (Å²) < 4.78 is 0. The number of phenols is 1. The molecule has 2 aromatic rings. The van der Waals surface area contributed by atoms with E-state index in [1.807, 2.05) is 24.3 Å². The molecule has 0 fully saturated rings. The number of thioether (sulfide) groups is 1. The van der Waals surface area contributed by atoms with Gasteiger partial charge in [0.25, 0.3) is 0 Å². The summed E-state index contributed by atoms with van der Waals surface area (Å²) in [4.78, 5) is 24.3. The van der Waals surface area contributed by atoms with Crippen molar-refractivity contribution < 1.29 is 14.7 Å². The molecule has 0 saturated heterocycles. The fraction of sp³-hybridized carbons (Fsp3) is 0.222. The lowest BCUT2D eigenvalue weighted by Crippen LogP contribution is -2.26. The highest BCUT2D eigenvalue weighted by molar-refractivity contribution is 8.01. The number of aryl methyl sites for hydroxylation is 1. The second-order valence-corrected chi connectivity index (χ2v) is 6.77. The minimum atomic E-state index is -0.247. The van der Waals surface area contributed by atoms with E-state index in [1.165, 1.54) is 23.9 Å². The number of para-hydroxylation sites is 1. The standard InChI is InChI=1S/C18H18N2O3S/c21-14-8-6-13(7-9-14)19-17(22)11-24-16-10-5-12-3-1-2-4-15(12)20-18(16)23/h1-4,6-9,16,21H,5,10-11H2,(H,19,22)(H,20,23)/t16-/m1/s1. The average molecular weight is 342 g/mol. The largest absolute Gasteiger partial charge is 0.508 e. The first-order valence-corrected chi connectivity index (χ1v) is 8.76. The minimum Gasteiger partial charge on any atom is -0.508 e. The van der Waals surface area contributed by atoms with Gasteiger partial charge in [-0.05, 0) is 48.7 Å². The van der Waals surface area contributed by atoms with Gasteiger partial charge < -0.3 is 15.7 Å². The molecule has 6 heteroatoms. The maximum atomic E-state index is 12.3. The van der Waals surface area contributed by atoms with E-state index < -0.39 is 0 Å². The number of benzene rings is 2. The summed E-state index contributed by atoms with van der Waals surface area (Å²) in [6.45, 7) is 0. The van der Waals surface area contributed by atoms with E-state index in [-0.39, 0.29) is 28.6 Å². The zero-order valence-corrected chi connectivity index (χ0v) is 13.8. The summed E-state index contributed by atoms with van der Waals surface area (Å²) in [5, 5.41) is 14.7. The lowest BCUT2D eigenvalue weighted by atomic mass is 10.1. The monoisotopic (exact) mass is 342 g/mol. The van der Waals surface area contributed by atoms with Crippen molar-refractivity contribution in [2.45, 2.75) is 18.1 Å². The topological polar surface area (TPSA) is 78.4 Å². The van der Waals surface area contributed by atoms with E-state index in [4.69, 9.17) is 0 Å². The molecule has 0 bridgehead atoms. The molecule has 0 radical (unpaired) electrons. The van der Waals surface area contributed by atoms with Crippen LogP contribution in [-0.2, 0) is 16.0 Å². The van der Waals surface area contributed by atoms with Gasteiger partial charge in [-0.3, -0.25) is 9.59 Å². The Morgan fingerprint density at radius 1 is 1.21 bits per heavy atom. The second kappa shape index (κ2) is 7.40. The van der Waals surface area contributed by atoms with Crippen molar-refractivity contribution in [1.82, 2.24) is 0 Å². The molecular formula is C18H18N2O3S. The Morgan fingerprint density at radius 3 is 2.75 bits per heavy atom. The van der Waals surface area contributed by atoms with E-state index >= 15 is 0 Å². The Balaban J connectivity index is 1.54. The molecule has 24 heavy (non-hydrogen) atoms. The summed E-state index contributed by atoms with van der Waals surface area (Å²) >= 11 is 1.35. The van der Waals surface area contributed by atoms with Crippen LogP contribution in [0, 0.1) is 0 Å². The summed E-state index contributed by atoms with van der Waals surface area (Å²) in [5.41, 5.74) is 2.61. The Hall–Kier alpha value is -2.47. The first-order chi connectivity index (χ1) is 11.6. The van der Waals surface area contributed by atoms with Crippen LogP contribution in [0.15, 0.2) is 48.5 Å². The molecule has 1 atom stereocenters. The zero-order chi connectivity index (χ0) is 16.9. The van der Waals surface area contributed by atoms with Crippen LogP contribution in [0.1, 0.15) is 12.0 Å². The molecule has 0 aromatic heterocycles. The molecule has 2 amide bonds. The van der Waals surface area contributed by atoms with Crippen LogP contribution in [0.4, 0.5) is 11.4 Å². The van der Waals surface area contributed by atoms with Gasteiger partial charge in [-0.25, -0.2) is 0 Å². The van der Waals surface area contributed by atoms with Crippen LogP contribution < -0.4 is 10.6 Å².